The molecule has 12 heteroatoms. The zero-order chi connectivity index (χ0) is 22.3. The minimum absolute atomic E-state index is 0.123. The Labute approximate surface area is 177 Å². The number of anilines is 1. The third-order valence-electron chi connectivity index (χ3n) is 4.71. The van der Waals surface area contributed by atoms with Gasteiger partial charge in [-0.05, 0) is 37.5 Å². The highest BCUT2D eigenvalue weighted by Gasteiger charge is 2.30. The van der Waals surface area contributed by atoms with E-state index in [9.17, 15) is 30.0 Å². The molecule has 0 amide bonds. The first-order valence-corrected chi connectivity index (χ1v) is 12.2. The molecule has 0 atom stereocenters. The minimum atomic E-state index is -4.87. The van der Waals surface area contributed by atoms with Crippen LogP contribution in [-0.4, -0.2) is 34.2 Å². The summed E-state index contributed by atoms with van der Waals surface area (Å²) in [6, 6.07) is 3.86. The monoisotopic (exact) mass is 482 g/mol. The number of halogens is 4. The first-order valence-electron chi connectivity index (χ1n) is 8.92. The van der Waals surface area contributed by atoms with E-state index in [-0.39, 0.29) is 16.6 Å². The molecule has 1 heterocycles. The number of benzene rings is 2. The second-order valence-electron chi connectivity index (χ2n) is 6.85. The van der Waals surface area contributed by atoms with Crippen LogP contribution in [0.15, 0.2) is 34.1 Å². The van der Waals surface area contributed by atoms with Crippen LogP contribution >= 0.6 is 11.6 Å². The first-order chi connectivity index (χ1) is 13.9. The first kappa shape index (κ1) is 22.9. The van der Waals surface area contributed by atoms with Crippen molar-refractivity contribution in [2.45, 2.75) is 36.0 Å². The van der Waals surface area contributed by atoms with Crippen LogP contribution in [0.4, 0.5) is 18.9 Å². The van der Waals surface area contributed by atoms with Gasteiger partial charge in [0.25, 0.3) is 10.0 Å². The van der Waals surface area contributed by atoms with E-state index >= 15 is 0 Å². The van der Waals surface area contributed by atoms with E-state index in [1.54, 1.807) is 6.92 Å². The van der Waals surface area contributed by atoms with Gasteiger partial charge >= 0.3 is 0 Å². The van der Waals surface area contributed by atoms with E-state index < -0.39 is 47.4 Å². The van der Waals surface area contributed by atoms with Crippen LogP contribution in [0.3, 0.4) is 0 Å². The molecule has 1 N–H and O–H groups in total. The van der Waals surface area contributed by atoms with Gasteiger partial charge in [0.05, 0.1) is 10.6 Å². The number of nitrogens with one attached hydrogen (secondary N) is 1. The van der Waals surface area contributed by atoms with Gasteiger partial charge < -0.3 is 0 Å². The molecule has 0 bridgehead atoms. The Hall–Kier alpha value is -1.82. The Morgan fingerprint density at radius 1 is 0.967 bits per heavy atom. The molecule has 0 spiro atoms. The maximum atomic E-state index is 14.2. The molecule has 164 valence electrons. The summed E-state index contributed by atoms with van der Waals surface area (Å²) in [5.74, 6) is -4.90. The largest absolute Gasteiger partial charge is 0.279 e. The van der Waals surface area contributed by atoms with Crippen LogP contribution in [-0.2, 0) is 20.0 Å². The third kappa shape index (κ3) is 4.29. The molecule has 0 radical (unpaired) electrons. The van der Waals surface area contributed by atoms with Crippen molar-refractivity contribution in [3.8, 4) is 0 Å². The van der Waals surface area contributed by atoms with Gasteiger partial charge in [-0.2, -0.15) is 4.31 Å². The summed E-state index contributed by atoms with van der Waals surface area (Å²) in [7, 11) is -8.76. The van der Waals surface area contributed by atoms with Crippen LogP contribution < -0.4 is 4.72 Å². The summed E-state index contributed by atoms with van der Waals surface area (Å²) in [6.07, 6.45) is 2.35. The topological polar surface area (TPSA) is 83.5 Å². The lowest BCUT2D eigenvalue weighted by molar-refractivity contribution is 0.346. The normalized spacial score (nSPS) is 15.9. The second kappa shape index (κ2) is 8.37. The molecule has 0 unspecified atom stereocenters. The van der Waals surface area contributed by atoms with Crippen molar-refractivity contribution in [2.75, 3.05) is 17.8 Å². The molecule has 0 aromatic heterocycles. The number of hydrogen-bond donors (Lipinski definition) is 1. The second-order valence-corrected chi connectivity index (χ2v) is 10.8. The van der Waals surface area contributed by atoms with Crippen molar-refractivity contribution in [1.82, 2.24) is 4.31 Å². The van der Waals surface area contributed by atoms with Gasteiger partial charge in [-0.3, -0.25) is 4.72 Å². The van der Waals surface area contributed by atoms with Gasteiger partial charge in [0.2, 0.25) is 10.0 Å². The number of piperidine rings is 1. The number of aryl methyl sites for hydroxylation is 1. The van der Waals surface area contributed by atoms with Crippen molar-refractivity contribution >= 4 is 37.3 Å². The molecule has 0 saturated carbocycles. The molecular weight excluding hydrogens is 465 g/mol. The van der Waals surface area contributed by atoms with Crippen LogP contribution in [0.1, 0.15) is 24.8 Å². The lowest BCUT2D eigenvalue weighted by atomic mass is 10.2. The molecule has 0 aliphatic carbocycles. The standard InChI is InChI=1S/C18H18ClF3N2O4S2/c1-11-5-6-12(9-15(11)30(27,28)24-7-3-2-4-8-24)23-29(25,26)18-14(21)10-13(20)16(19)17(18)22/h5-6,9-10,23H,2-4,7-8H2,1H3. The minimum Gasteiger partial charge on any atom is -0.279 e. The Morgan fingerprint density at radius 3 is 2.23 bits per heavy atom. The van der Waals surface area contributed by atoms with Crippen molar-refractivity contribution in [3.63, 3.8) is 0 Å². The number of sulfonamides is 2. The smallest absolute Gasteiger partial charge is 0.267 e. The Morgan fingerprint density at radius 2 is 1.60 bits per heavy atom. The average Bonchev–Trinajstić information content (AvgIpc) is 2.68. The summed E-state index contributed by atoms with van der Waals surface area (Å²) in [6.45, 7) is 2.25. The Bertz CT molecular complexity index is 1200. The summed E-state index contributed by atoms with van der Waals surface area (Å²) in [5, 5.41) is -1.17. The third-order valence-corrected chi connectivity index (χ3v) is 8.52. The van der Waals surface area contributed by atoms with Crippen LogP contribution in [0.5, 0.6) is 0 Å². The van der Waals surface area contributed by atoms with Crippen molar-refractivity contribution in [2.24, 2.45) is 0 Å². The van der Waals surface area contributed by atoms with E-state index in [1.807, 2.05) is 4.72 Å². The van der Waals surface area contributed by atoms with Crippen molar-refractivity contribution < 1.29 is 30.0 Å². The highest BCUT2D eigenvalue weighted by molar-refractivity contribution is 7.92. The van der Waals surface area contributed by atoms with Gasteiger partial charge in [0.1, 0.15) is 16.7 Å². The molecule has 30 heavy (non-hydrogen) atoms. The fraction of sp³-hybridized carbons (Fsp3) is 0.333. The Balaban J connectivity index is 2.01. The van der Waals surface area contributed by atoms with Crippen molar-refractivity contribution in [1.29, 1.82) is 0 Å². The van der Waals surface area contributed by atoms with Gasteiger partial charge in [-0.15, -0.1) is 0 Å². The van der Waals surface area contributed by atoms with E-state index in [0.29, 0.717) is 31.5 Å². The van der Waals surface area contributed by atoms with Gasteiger partial charge in [0.15, 0.2) is 10.7 Å². The maximum Gasteiger partial charge on any atom is 0.267 e. The lowest BCUT2D eigenvalue weighted by Crippen LogP contribution is -2.36. The predicted molar refractivity (Wildman–Crippen MR) is 106 cm³/mol. The Kier molecular flexibility index (Phi) is 6.38. The molecule has 3 rings (SSSR count). The summed E-state index contributed by atoms with van der Waals surface area (Å²) in [5.41, 5.74) is 0.154. The summed E-state index contributed by atoms with van der Waals surface area (Å²) in [4.78, 5) is -1.59. The fourth-order valence-electron chi connectivity index (χ4n) is 3.19. The number of nitrogens with zero attached hydrogens (tertiary/aromatic N) is 1. The molecule has 2 aromatic rings. The van der Waals surface area contributed by atoms with E-state index in [0.717, 1.165) is 12.5 Å². The molecule has 6 nitrogen and oxygen atoms in total. The maximum absolute atomic E-state index is 14.2. The molecule has 1 aliphatic rings. The number of rotatable bonds is 5. The molecule has 1 fully saturated rings. The zero-order valence-electron chi connectivity index (χ0n) is 15.8. The van der Waals surface area contributed by atoms with Crippen molar-refractivity contribution in [3.05, 3.63) is 52.3 Å². The van der Waals surface area contributed by atoms with Crippen LogP contribution in [0.2, 0.25) is 5.02 Å². The van der Waals surface area contributed by atoms with Gasteiger partial charge in [0, 0.05) is 19.2 Å². The van der Waals surface area contributed by atoms with Crippen LogP contribution in [0, 0.1) is 24.4 Å². The van der Waals surface area contributed by atoms with Gasteiger partial charge in [-0.1, -0.05) is 24.1 Å². The van der Waals surface area contributed by atoms with Crippen LogP contribution in [0.25, 0.3) is 0 Å². The average molecular weight is 483 g/mol. The summed E-state index contributed by atoms with van der Waals surface area (Å²) < 4.78 is 95.7. The highest BCUT2D eigenvalue weighted by atomic mass is 35.5. The van der Waals surface area contributed by atoms with Gasteiger partial charge in [-0.25, -0.2) is 30.0 Å². The lowest BCUT2D eigenvalue weighted by Gasteiger charge is -2.26. The zero-order valence-corrected chi connectivity index (χ0v) is 18.1. The highest BCUT2D eigenvalue weighted by Crippen LogP contribution is 2.31. The molecule has 2 aromatic carbocycles. The summed E-state index contributed by atoms with van der Waals surface area (Å²) >= 11 is 5.36. The number of hydrogen-bond acceptors (Lipinski definition) is 4. The SMILES string of the molecule is Cc1ccc(NS(=O)(=O)c2c(F)cc(F)c(Cl)c2F)cc1S(=O)(=O)N1CCCCC1. The predicted octanol–water partition coefficient (Wildman–Crippen LogP) is 4.04. The van der Waals surface area contributed by atoms with E-state index in [1.165, 1.54) is 16.4 Å². The quantitative estimate of drug-likeness (QED) is 0.515. The van der Waals surface area contributed by atoms with E-state index in [4.69, 9.17) is 11.6 Å². The fourth-order valence-corrected chi connectivity index (χ4v) is 6.35. The molecule has 1 saturated heterocycles. The molecule has 1 aliphatic heterocycles. The molecular formula is C18H18ClF3N2O4S2. The van der Waals surface area contributed by atoms with E-state index in [2.05, 4.69) is 0 Å².